The maximum absolute atomic E-state index is 12.6. The lowest BCUT2D eigenvalue weighted by molar-refractivity contribution is -0.137. The van der Waals surface area contributed by atoms with E-state index in [0.717, 1.165) is 22.2 Å². The second-order valence-electron chi connectivity index (χ2n) is 8.89. The number of hydrogen-bond acceptors (Lipinski definition) is 3. The van der Waals surface area contributed by atoms with Gasteiger partial charge in [0.1, 0.15) is 12.4 Å². The molecule has 2 aromatic carbocycles. The predicted molar refractivity (Wildman–Crippen MR) is 112 cm³/mol. The summed E-state index contributed by atoms with van der Waals surface area (Å²) in [5.74, 6) is -0.354. The van der Waals surface area contributed by atoms with Crippen molar-refractivity contribution in [1.29, 1.82) is 0 Å². The van der Waals surface area contributed by atoms with Crippen molar-refractivity contribution in [2.24, 2.45) is 10.8 Å². The monoisotopic (exact) mass is 377 g/mol. The molecule has 146 valence electrons. The summed E-state index contributed by atoms with van der Waals surface area (Å²) in [5.41, 5.74) is 2.22. The predicted octanol–water partition coefficient (Wildman–Crippen LogP) is 5.63. The van der Waals surface area contributed by atoms with Crippen LogP contribution < -0.4 is 0 Å². The Bertz CT molecular complexity index is 1010. The summed E-state index contributed by atoms with van der Waals surface area (Å²) >= 11 is 0. The van der Waals surface area contributed by atoms with E-state index in [1.807, 2.05) is 71.0 Å². The van der Waals surface area contributed by atoms with Crippen LogP contribution in [0.25, 0.3) is 22.2 Å². The summed E-state index contributed by atoms with van der Waals surface area (Å²) < 4.78 is 5.48. The van der Waals surface area contributed by atoms with Gasteiger partial charge in [-0.1, -0.05) is 57.2 Å². The van der Waals surface area contributed by atoms with E-state index in [4.69, 9.17) is 4.74 Å². The summed E-state index contributed by atoms with van der Waals surface area (Å²) in [4.78, 5) is 28.4. The molecule has 28 heavy (non-hydrogen) atoms. The molecule has 0 bridgehead atoms. The molecule has 0 spiro atoms. The van der Waals surface area contributed by atoms with Crippen LogP contribution in [-0.4, -0.2) is 23.3 Å². The van der Waals surface area contributed by atoms with Crippen LogP contribution in [0.5, 0.6) is 0 Å². The van der Waals surface area contributed by atoms with E-state index in [2.05, 4.69) is 11.1 Å². The summed E-state index contributed by atoms with van der Waals surface area (Å²) in [6.45, 7) is 9.31. The number of benzene rings is 2. The van der Waals surface area contributed by atoms with Crippen molar-refractivity contribution in [3.05, 3.63) is 60.2 Å². The maximum atomic E-state index is 12.6. The lowest BCUT2D eigenvalue weighted by Gasteiger charge is -2.30. The zero-order valence-electron chi connectivity index (χ0n) is 17.1. The molecule has 3 aromatic rings. The number of carbonyl (C=O) groups is 2. The standard InChI is InChI=1S/C24H27NO3/c1-23(2,3)22(27)24(4,5)15-28-21(26)18-12-11-17-13-19(25-20(17)14-18)16-9-7-6-8-10-16/h6-14,25H,15H2,1-5H3. The molecule has 0 fully saturated rings. The van der Waals surface area contributed by atoms with Crippen LogP contribution >= 0.6 is 0 Å². The number of Topliss-reactive ketones (excluding diaryl/α,β-unsaturated/α-hetero) is 1. The quantitative estimate of drug-likeness (QED) is 0.586. The van der Waals surface area contributed by atoms with Crippen LogP contribution in [0.1, 0.15) is 45.0 Å². The summed E-state index contributed by atoms with van der Waals surface area (Å²) in [5, 5.41) is 1.03. The molecule has 1 heterocycles. The number of hydrogen-bond donors (Lipinski definition) is 1. The molecule has 0 unspecified atom stereocenters. The van der Waals surface area contributed by atoms with Crippen molar-refractivity contribution >= 4 is 22.7 Å². The van der Waals surface area contributed by atoms with Gasteiger partial charge in [-0.3, -0.25) is 4.79 Å². The van der Waals surface area contributed by atoms with Gasteiger partial charge in [-0.15, -0.1) is 0 Å². The van der Waals surface area contributed by atoms with Crippen LogP contribution in [-0.2, 0) is 9.53 Å². The highest BCUT2D eigenvalue weighted by molar-refractivity contribution is 5.96. The van der Waals surface area contributed by atoms with Gasteiger partial charge in [0.15, 0.2) is 0 Å². The third kappa shape index (κ3) is 4.16. The zero-order chi connectivity index (χ0) is 20.5. The first kappa shape index (κ1) is 19.9. The molecule has 0 aliphatic rings. The first-order valence-corrected chi connectivity index (χ1v) is 9.48. The summed E-state index contributed by atoms with van der Waals surface area (Å²) in [6, 6.07) is 17.5. The second kappa shape index (κ2) is 7.27. The van der Waals surface area contributed by atoms with Crippen molar-refractivity contribution in [1.82, 2.24) is 4.98 Å². The molecule has 0 amide bonds. The zero-order valence-corrected chi connectivity index (χ0v) is 17.1. The number of ketones is 1. The minimum Gasteiger partial charge on any atom is -0.461 e. The number of fused-ring (bicyclic) bond motifs is 1. The molecule has 3 rings (SSSR count). The maximum Gasteiger partial charge on any atom is 0.338 e. The van der Waals surface area contributed by atoms with E-state index in [1.165, 1.54) is 0 Å². The van der Waals surface area contributed by atoms with Crippen molar-refractivity contribution in [3.63, 3.8) is 0 Å². The lowest BCUT2D eigenvalue weighted by atomic mass is 9.75. The van der Waals surface area contributed by atoms with Crippen LogP contribution in [0.4, 0.5) is 0 Å². The number of esters is 1. The van der Waals surface area contributed by atoms with Crippen molar-refractivity contribution in [2.45, 2.75) is 34.6 Å². The number of rotatable bonds is 5. The Balaban J connectivity index is 1.76. The van der Waals surface area contributed by atoms with Gasteiger partial charge in [-0.2, -0.15) is 0 Å². The fourth-order valence-corrected chi connectivity index (χ4v) is 3.44. The van der Waals surface area contributed by atoms with Gasteiger partial charge in [-0.25, -0.2) is 4.79 Å². The van der Waals surface area contributed by atoms with E-state index < -0.39 is 16.8 Å². The minimum absolute atomic E-state index is 0.0555. The minimum atomic E-state index is -0.731. The third-order valence-electron chi connectivity index (χ3n) is 4.80. The topological polar surface area (TPSA) is 59.2 Å². The SMILES string of the molecule is CC(C)(C)C(=O)C(C)(C)COC(=O)c1ccc2cc(-c3ccccc3)[nH]c2c1. The molecule has 4 heteroatoms. The van der Waals surface area contributed by atoms with E-state index in [0.29, 0.717) is 5.56 Å². The molecule has 1 N–H and O–H groups in total. The Morgan fingerprint density at radius 1 is 0.929 bits per heavy atom. The number of nitrogens with one attached hydrogen (secondary N) is 1. The normalized spacial score (nSPS) is 12.2. The van der Waals surface area contributed by atoms with Gasteiger partial charge >= 0.3 is 5.97 Å². The van der Waals surface area contributed by atoms with E-state index in [9.17, 15) is 9.59 Å². The molecule has 1 aromatic heterocycles. The van der Waals surface area contributed by atoms with Crippen LogP contribution in [0, 0.1) is 10.8 Å². The third-order valence-corrected chi connectivity index (χ3v) is 4.80. The Morgan fingerprint density at radius 2 is 1.61 bits per heavy atom. The highest BCUT2D eigenvalue weighted by atomic mass is 16.5. The fourth-order valence-electron chi connectivity index (χ4n) is 3.44. The van der Waals surface area contributed by atoms with Gasteiger partial charge < -0.3 is 9.72 Å². The first-order chi connectivity index (χ1) is 13.1. The smallest absolute Gasteiger partial charge is 0.338 e. The van der Waals surface area contributed by atoms with E-state index >= 15 is 0 Å². The van der Waals surface area contributed by atoms with Crippen LogP contribution in [0.3, 0.4) is 0 Å². The van der Waals surface area contributed by atoms with Crippen molar-refractivity contribution < 1.29 is 14.3 Å². The van der Waals surface area contributed by atoms with E-state index in [-0.39, 0.29) is 12.4 Å². The van der Waals surface area contributed by atoms with E-state index in [1.54, 1.807) is 12.1 Å². The average molecular weight is 377 g/mol. The fraction of sp³-hybridized carbons (Fsp3) is 0.333. The molecule has 0 saturated heterocycles. The largest absolute Gasteiger partial charge is 0.461 e. The van der Waals surface area contributed by atoms with Crippen molar-refractivity contribution in [2.75, 3.05) is 6.61 Å². The molecule has 0 saturated carbocycles. The summed E-state index contributed by atoms with van der Waals surface area (Å²) in [6.07, 6.45) is 0. The van der Waals surface area contributed by atoms with Gasteiger partial charge in [0.05, 0.1) is 11.0 Å². The summed E-state index contributed by atoms with van der Waals surface area (Å²) in [7, 11) is 0. The molecule has 0 aliphatic carbocycles. The van der Waals surface area contributed by atoms with Gasteiger partial charge in [0, 0.05) is 22.0 Å². The highest BCUT2D eigenvalue weighted by Gasteiger charge is 2.37. The van der Waals surface area contributed by atoms with Gasteiger partial charge in [0.25, 0.3) is 0 Å². The van der Waals surface area contributed by atoms with Gasteiger partial charge in [0.2, 0.25) is 0 Å². The van der Waals surface area contributed by atoms with Crippen LogP contribution in [0.15, 0.2) is 54.6 Å². The Morgan fingerprint density at radius 3 is 2.25 bits per heavy atom. The molecular weight excluding hydrogens is 350 g/mol. The molecule has 0 radical (unpaired) electrons. The number of H-pyrrole nitrogens is 1. The lowest BCUT2D eigenvalue weighted by Crippen LogP contribution is -2.38. The number of carbonyl (C=O) groups excluding carboxylic acids is 2. The average Bonchev–Trinajstić information content (AvgIpc) is 3.09. The highest BCUT2D eigenvalue weighted by Crippen LogP contribution is 2.30. The number of aromatic nitrogens is 1. The van der Waals surface area contributed by atoms with Crippen LogP contribution in [0.2, 0.25) is 0 Å². The Hall–Kier alpha value is -2.88. The van der Waals surface area contributed by atoms with Crippen molar-refractivity contribution in [3.8, 4) is 11.3 Å². The molecule has 0 atom stereocenters. The molecule has 4 nitrogen and oxygen atoms in total. The Kier molecular flexibility index (Phi) is 5.16. The first-order valence-electron chi connectivity index (χ1n) is 9.48. The molecular formula is C24H27NO3. The second-order valence-corrected chi connectivity index (χ2v) is 8.89. The molecule has 0 aliphatic heterocycles. The number of ether oxygens (including phenoxy) is 1. The Labute approximate surface area is 165 Å². The van der Waals surface area contributed by atoms with Gasteiger partial charge in [-0.05, 0) is 37.6 Å². The number of aromatic amines is 1.